The Labute approximate surface area is 189 Å². The van der Waals surface area contributed by atoms with Gasteiger partial charge in [0.2, 0.25) is 0 Å². The molecule has 0 bridgehead atoms. The van der Waals surface area contributed by atoms with Crippen LogP contribution >= 0.6 is 0 Å². The van der Waals surface area contributed by atoms with E-state index in [0.717, 1.165) is 29.7 Å². The van der Waals surface area contributed by atoms with Gasteiger partial charge in [-0.15, -0.1) is 0 Å². The number of nitrogens with one attached hydrogen (secondary N) is 1. The van der Waals surface area contributed by atoms with Crippen LogP contribution in [0.1, 0.15) is 61.1 Å². The largest absolute Gasteiger partial charge is 0.425 e. The molecular weight excluding hydrogens is 402 g/mol. The van der Waals surface area contributed by atoms with Gasteiger partial charge in [0.05, 0.1) is 23.8 Å². The first-order valence-electron chi connectivity index (χ1n) is 10.8. The molecule has 1 unspecified atom stereocenters. The maximum atomic E-state index is 11.9. The van der Waals surface area contributed by atoms with Gasteiger partial charge >= 0.3 is 5.97 Å². The summed E-state index contributed by atoms with van der Waals surface area (Å²) in [5, 5.41) is 22.0. The minimum atomic E-state index is -0.377. The summed E-state index contributed by atoms with van der Waals surface area (Å²) >= 11 is 0. The van der Waals surface area contributed by atoms with Crippen molar-refractivity contribution in [1.82, 2.24) is 5.32 Å². The first-order valence-corrected chi connectivity index (χ1v) is 10.8. The zero-order valence-electron chi connectivity index (χ0n) is 18.8. The first kappa shape index (κ1) is 23.4. The molecule has 6 nitrogen and oxygen atoms in total. The number of hydrogen-bond acceptors (Lipinski definition) is 6. The number of carbonyl (C=O) groups excluding carboxylic acids is 1. The monoisotopic (exact) mass is 431 g/mol. The Bertz CT molecular complexity index is 1100. The quantitative estimate of drug-likeness (QED) is 0.372. The van der Waals surface area contributed by atoms with E-state index in [4.69, 9.17) is 14.8 Å². The Morgan fingerprint density at radius 2 is 2.16 bits per heavy atom. The second-order valence-electron chi connectivity index (χ2n) is 8.18. The standard InChI is InChI=1S/C26H29N3O3/c1-16(2)26(31)32-25-11-8-19(14-20(25)15-27)17(3)29-18(4)21-6-5-7-23-22(21)9-10-24(23)28-12-13-30/h5-8,11,14,16,24,28,30H,4,9-10,12-13H2,1-3H3. The molecule has 2 aromatic carbocycles. The number of nitrogens with zero attached hydrogens (tertiary/aromatic N) is 2. The molecule has 0 aromatic heterocycles. The summed E-state index contributed by atoms with van der Waals surface area (Å²) < 4.78 is 5.33. The highest BCUT2D eigenvalue weighted by atomic mass is 16.5. The highest BCUT2D eigenvalue weighted by Gasteiger charge is 2.24. The predicted molar refractivity (Wildman–Crippen MR) is 125 cm³/mol. The molecule has 0 saturated heterocycles. The minimum absolute atomic E-state index is 0.113. The van der Waals surface area contributed by atoms with Gasteiger partial charge in [-0.25, -0.2) is 0 Å². The number of nitriles is 1. The summed E-state index contributed by atoms with van der Waals surface area (Å²) in [6, 6.07) is 13.6. The average Bonchev–Trinajstić information content (AvgIpc) is 3.20. The lowest BCUT2D eigenvalue weighted by atomic mass is 10.00. The number of aliphatic hydroxyl groups is 1. The fraction of sp³-hybridized carbons (Fsp3) is 0.346. The molecule has 0 radical (unpaired) electrons. The Morgan fingerprint density at radius 3 is 2.84 bits per heavy atom. The van der Waals surface area contributed by atoms with Crippen LogP contribution in [0.2, 0.25) is 0 Å². The lowest BCUT2D eigenvalue weighted by Crippen LogP contribution is -2.22. The van der Waals surface area contributed by atoms with E-state index in [1.165, 1.54) is 11.1 Å². The van der Waals surface area contributed by atoms with Crippen molar-refractivity contribution >= 4 is 17.4 Å². The van der Waals surface area contributed by atoms with Crippen molar-refractivity contribution in [2.75, 3.05) is 13.2 Å². The van der Waals surface area contributed by atoms with Crippen molar-refractivity contribution in [1.29, 1.82) is 5.26 Å². The first-order chi connectivity index (χ1) is 15.3. The summed E-state index contributed by atoms with van der Waals surface area (Å²) in [5.41, 5.74) is 5.91. The number of fused-ring (bicyclic) bond motifs is 1. The number of rotatable bonds is 8. The third kappa shape index (κ3) is 5.13. The number of benzene rings is 2. The molecule has 0 aliphatic heterocycles. The zero-order chi connectivity index (χ0) is 23.3. The van der Waals surface area contributed by atoms with E-state index in [1.54, 1.807) is 32.0 Å². The van der Waals surface area contributed by atoms with E-state index in [2.05, 4.69) is 24.0 Å². The van der Waals surface area contributed by atoms with Crippen molar-refractivity contribution in [3.8, 4) is 11.8 Å². The van der Waals surface area contributed by atoms with Crippen LogP contribution in [0.25, 0.3) is 5.70 Å². The molecule has 166 valence electrons. The third-order valence-corrected chi connectivity index (χ3v) is 5.59. The minimum Gasteiger partial charge on any atom is -0.425 e. The van der Waals surface area contributed by atoms with E-state index in [1.807, 2.05) is 19.1 Å². The smallest absolute Gasteiger partial charge is 0.313 e. The number of aliphatic hydroxyl groups excluding tert-OH is 1. The van der Waals surface area contributed by atoms with Crippen molar-refractivity contribution in [3.63, 3.8) is 0 Å². The number of carbonyl (C=O) groups is 1. The van der Waals surface area contributed by atoms with Crippen LogP contribution in [0.4, 0.5) is 0 Å². The second kappa shape index (κ2) is 10.4. The molecule has 6 heteroatoms. The van der Waals surface area contributed by atoms with Gasteiger partial charge in [0, 0.05) is 23.9 Å². The molecule has 1 aliphatic rings. The Balaban J connectivity index is 1.84. The highest BCUT2D eigenvalue weighted by molar-refractivity contribution is 6.02. The van der Waals surface area contributed by atoms with Crippen LogP contribution in [0, 0.1) is 17.2 Å². The van der Waals surface area contributed by atoms with Crippen molar-refractivity contribution in [3.05, 3.63) is 70.8 Å². The fourth-order valence-corrected chi connectivity index (χ4v) is 3.86. The van der Waals surface area contributed by atoms with Crippen molar-refractivity contribution < 1.29 is 14.6 Å². The normalized spacial score (nSPS) is 15.4. The Hall–Kier alpha value is -3.27. The second-order valence-corrected chi connectivity index (χ2v) is 8.18. The molecule has 1 atom stereocenters. The molecular formula is C26H29N3O3. The summed E-state index contributed by atoms with van der Waals surface area (Å²) in [7, 11) is 0. The number of aliphatic imine (C=N–C) groups is 1. The molecule has 2 N–H and O–H groups in total. The van der Waals surface area contributed by atoms with Gasteiger partial charge in [0.15, 0.2) is 0 Å². The summed E-state index contributed by atoms with van der Waals surface area (Å²) in [6.45, 7) is 10.2. The Kier molecular flexibility index (Phi) is 7.57. The number of hydrogen-bond donors (Lipinski definition) is 2. The molecule has 3 rings (SSSR count). The van der Waals surface area contributed by atoms with Crippen LogP contribution in [0.5, 0.6) is 5.75 Å². The summed E-state index contributed by atoms with van der Waals surface area (Å²) in [5.74, 6) is -0.402. The molecule has 0 amide bonds. The fourth-order valence-electron chi connectivity index (χ4n) is 3.86. The predicted octanol–water partition coefficient (Wildman–Crippen LogP) is 4.17. The average molecular weight is 432 g/mol. The van der Waals surface area contributed by atoms with Crippen molar-refractivity contribution in [2.45, 2.75) is 39.7 Å². The van der Waals surface area contributed by atoms with E-state index < -0.39 is 0 Å². The summed E-state index contributed by atoms with van der Waals surface area (Å²) in [4.78, 5) is 16.6. The molecule has 32 heavy (non-hydrogen) atoms. The van der Waals surface area contributed by atoms with E-state index in [9.17, 15) is 10.1 Å². The van der Waals surface area contributed by atoms with Gasteiger partial charge in [-0.1, -0.05) is 38.6 Å². The van der Waals surface area contributed by atoms with Gasteiger partial charge < -0.3 is 15.2 Å². The maximum absolute atomic E-state index is 11.9. The molecule has 0 heterocycles. The molecule has 1 aliphatic carbocycles. The van der Waals surface area contributed by atoms with Crippen LogP contribution in [0.3, 0.4) is 0 Å². The maximum Gasteiger partial charge on any atom is 0.313 e. The van der Waals surface area contributed by atoms with E-state index in [0.29, 0.717) is 12.2 Å². The number of ether oxygens (including phenoxy) is 1. The van der Waals surface area contributed by atoms with Crippen molar-refractivity contribution in [2.24, 2.45) is 10.9 Å². The van der Waals surface area contributed by atoms with Gasteiger partial charge in [-0.05, 0) is 54.7 Å². The van der Waals surface area contributed by atoms with Crippen LogP contribution in [0.15, 0.2) is 48.0 Å². The molecule has 0 fully saturated rings. The SMILES string of the molecule is C=C(N=C(C)c1ccc(OC(=O)C(C)C)c(C#N)c1)c1cccc2c1CCC2NCCO. The zero-order valence-corrected chi connectivity index (χ0v) is 18.8. The van der Waals surface area contributed by atoms with Gasteiger partial charge in [-0.2, -0.15) is 5.26 Å². The third-order valence-electron chi connectivity index (χ3n) is 5.59. The lowest BCUT2D eigenvalue weighted by molar-refractivity contribution is -0.137. The molecule has 2 aromatic rings. The number of esters is 1. The van der Waals surface area contributed by atoms with E-state index >= 15 is 0 Å². The topological polar surface area (TPSA) is 94.7 Å². The van der Waals surface area contributed by atoms with Gasteiger partial charge in [-0.3, -0.25) is 9.79 Å². The van der Waals surface area contributed by atoms with Gasteiger partial charge in [0.1, 0.15) is 11.8 Å². The van der Waals surface area contributed by atoms with Crippen LogP contribution in [-0.4, -0.2) is 29.9 Å². The molecule has 0 spiro atoms. The summed E-state index contributed by atoms with van der Waals surface area (Å²) in [6.07, 6.45) is 1.90. The highest BCUT2D eigenvalue weighted by Crippen LogP contribution is 2.36. The van der Waals surface area contributed by atoms with E-state index in [-0.39, 0.29) is 35.8 Å². The van der Waals surface area contributed by atoms with Crippen LogP contribution < -0.4 is 10.1 Å². The lowest BCUT2D eigenvalue weighted by Gasteiger charge is -2.14. The van der Waals surface area contributed by atoms with Crippen LogP contribution in [-0.2, 0) is 11.2 Å². The Morgan fingerprint density at radius 1 is 1.38 bits per heavy atom. The van der Waals surface area contributed by atoms with Gasteiger partial charge in [0.25, 0.3) is 0 Å². The molecule has 0 saturated carbocycles.